The lowest BCUT2D eigenvalue weighted by molar-refractivity contribution is -0.138. The third-order valence-electron chi connectivity index (χ3n) is 2.20. The van der Waals surface area contributed by atoms with Crippen LogP contribution in [0.3, 0.4) is 0 Å². The molecule has 0 amide bonds. The van der Waals surface area contributed by atoms with Crippen molar-refractivity contribution in [1.29, 1.82) is 0 Å². The fourth-order valence-electron chi connectivity index (χ4n) is 1.40. The number of rotatable bonds is 9. The van der Waals surface area contributed by atoms with Gasteiger partial charge in [0.1, 0.15) is 6.04 Å². The number of terminal acetylenes is 1. The normalized spacial score (nSPS) is 13.2. The zero-order valence-corrected chi connectivity index (χ0v) is 11.5. The predicted octanol–water partition coefficient (Wildman–Crippen LogP) is 0.419. The van der Waals surface area contributed by atoms with Crippen LogP contribution in [0.15, 0.2) is 0 Å². The van der Waals surface area contributed by atoms with Crippen LogP contribution in [0, 0.1) is 12.3 Å². The van der Waals surface area contributed by atoms with Gasteiger partial charge >= 0.3 is 5.97 Å². The maximum atomic E-state index is 12.0. The Kier molecular flexibility index (Phi) is 7.59. The molecule has 18 heavy (non-hydrogen) atoms. The van der Waals surface area contributed by atoms with Crippen molar-refractivity contribution in [3.05, 3.63) is 0 Å². The molecule has 0 bridgehead atoms. The molecule has 0 rings (SSSR count). The summed E-state index contributed by atoms with van der Waals surface area (Å²) in [5.74, 6) is 0.875. The lowest BCUT2D eigenvalue weighted by Gasteiger charge is -2.23. The first-order valence-corrected chi connectivity index (χ1v) is 7.26. The topological polar surface area (TPSA) is 86.7 Å². The van der Waals surface area contributed by atoms with Crippen molar-refractivity contribution >= 4 is 16.2 Å². The van der Waals surface area contributed by atoms with Crippen molar-refractivity contribution in [1.82, 2.24) is 9.03 Å². The highest BCUT2D eigenvalue weighted by Crippen LogP contribution is 2.04. The van der Waals surface area contributed by atoms with Crippen LogP contribution in [0.2, 0.25) is 0 Å². The van der Waals surface area contributed by atoms with Gasteiger partial charge in [0.2, 0.25) is 0 Å². The van der Waals surface area contributed by atoms with E-state index < -0.39 is 22.2 Å². The van der Waals surface area contributed by atoms with Gasteiger partial charge in [0.25, 0.3) is 10.2 Å². The number of nitrogens with one attached hydrogen (secondary N) is 1. The Balaban J connectivity index is 4.88. The van der Waals surface area contributed by atoms with Gasteiger partial charge in [-0.15, -0.1) is 12.3 Å². The van der Waals surface area contributed by atoms with Crippen molar-refractivity contribution in [2.24, 2.45) is 0 Å². The van der Waals surface area contributed by atoms with E-state index in [1.807, 2.05) is 13.8 Å². The van der Waals surface area contributed by atoms with Gasteiger partial charge in [-0.05, 0) is 12.8 Å². The van der Waals surface area contributed by atoms with Crippen molar-refractivity contribution in [3.63, 3.8) is 0 Å². The monoisotopic (exact) mass is 276 g/mol. The summed E-state index contributed by atoms with van der Waals surface area (Å²) in [4.78, 5) is 10.9. The molecule has 0 radical (unpaired) electrons. The van der Waals surface area contributed by atoms with Crippen LogP contribution in [-0.2, 0) is 15.0 Å². The van der Waals surface area contributed by atoms with Gasteiger partial charge in [-0.2, -0.15) is 17.4 Å². The maximum Gasteiger partial charge on any atom is 0.322 e. The summed E-state index contributed by atoms with van der Waals surface area (Å²) in [7, 11) is -3.81. The highest BCUT2D eigenvalue weighted by atomic mass is 32.2. The minimum atomic E-state index is -3.81. The number of carbonyl (C=O) groups is 1. The second-order valence-corrected chi connectivity index (χ2v) is 5.52. The van der Waals surface area contributed by atoms with Crippen LogP contribution < -0.4 is 4.72 Å². The smallest absolute Gasteiger partial charge is 0.322 e. The van der Waals surface area contributed by atoms with Crippen LogP contribution in [0.4, 0.5) is 0 Å². The Hall–Kier alpha value is -1.10. The van der Waals surface area contributed by atoms with E-state index >= 15 is 0 Å². The highest BCUT2D eigenvalue weighted by Gasteiger charge is 2.27. The molecule has 0 saturated carbocycles. The molecule has 0 aromatic carbocycles. The highest BCUT2D eigenvalue weighted by molar-refractivity contribution is 7.87. The number of nitrogens with zero attached hydrogens (tertiary/aromatic N) is 1. The van der Waals surface area contributed by atoms with E-state index in [1.165, 1.54) is 4.31 Å². The summed E-state index contributed by atoms with van der Waals surface area (Å²) in [6, 6.07) is -1.28. The van der Waals surface area contributed by atoms with Crippen molar-refractivity contribution in [3.8, 4) is 12.3 Å². The molecule has 104 valence electrons. The van der Waals surface area contributed by atoms with E-state index in [-0.39, 0.29) is 6.42 Å². The standard InChI is InChI=1S/C11H20N2O4S/c1-4-7-10(11(14)15)12-18(16,17)13(8-5-2)9-6-3/h1,10,12H,5-9H2,2-3H3,(H,14,15). The largest absolute Gasteiger partial charge is 0.480 e. The Bertz CT molecular complexity index is 394. The molecule has 2 N–H and O–H groups in total. The number of carboxylic acid groups (broad SMARTS) is 1. The van der Waals surface area contributed by atoms with E-state index in [0.29, 0.717) is 25.9 Å². The minimum absolute atomic E-state index is 0.180. The molecule has 6 nitrogen and oxygen atoms in total. The van der Waals surface area contributed by atoms with E-state index in [1.54, 1.807) is 0 Å². The Morgan fingerprint density at radius 1 is 1.39 bits per heavy atom. The average molecular weight is 276 g/mol. The Labute approximate surface area is 109 Å². The predicted molar refractivity (Wildman–Crippen MR) is 69.1 cm³/mol. The van der Waals surface area contributed by atoms with Crippen molar-refractivity contribution < 1.29 is 18.3 Å². The zero-order valence-electron chi connectivity index (χ0n) is 10.7. The minimum Gasteiger partial charge on any atom is -0.480 e. The van der Waals surface area contributed by atoms with E-state index in [2.05, 4.69) is 10.6 Å². The molecule has 0 aliphatic carbocycles. The first kappa shape index (κ1) is 16.9. The first-order chi connectivity index (χ1) is 8.38. The molecule has 0 aliphatic rings. The molecule has 1 atom stereocenters. The summed E-state index contributed by atoms with van der Waals surface area (Å²) < 4.78 is 27.3. The van der Waals surface area contributed by atoms with E-state index in [9.17, 15) is 13.2 Å². The number of carboxylic acids is 1. The number of hydrogen-bond acceptors (Lipinski definition) is 3. The number of aliphatic carboxylic acids is 1. The molecule has 0 saturated heterocycles. The first-order valence-electron chi connectivity index (χ1n) is 5.82. The molecule has 0 aliphatic heterocycles. The molecule has 0 fully saturated rings. The molecular weight excluding hydrogens is 256 g/mol. The van der Waals surface area contributed by atoms with Crippen LogP contribution in [-0.4, -0.2) is 42.9 Å². The van der Waals surface area contributed by atoms with Crippen molar-refractivity contribution in [2.75, 3.05) is 13.1 Å². The molecule has 0 aromatic heterocycles. The third kappa shape index (κ3) is 5.49. The molecule has 0 heterocycles. The zero-order chi connectivity index (χ0) is 14.2. The molecule has 0 aromatic rings. The van der Waals surface area contributed by atoms with E-state index in [0.717, 1.165) is 0 Å². The Morgan fingerprint density at radius 2 is 1.89 bits per heavy atom. The molecule has 0 spiro atoms. The second kappa shape index (κ2) is 8.08. The quantitative estimate of drug-likeness (QED) is 0.598. The van der Waals surface area contributed by atoms with Crippen LogP contribution in [0.5, 0.6) is 0 Å². The van der Waals surface area contributed by atoms with Gasteiger partial charge in [0.05, 0.1) is 0 Å². The second-order valence-electron chi connectivity index (χ2n) is 3.82. The van der Waals surface area contributed by atoms with Gasteiger partial charge in [-0.25, -0.2) is 0 Å². The summed E-state index contributed by atoms with van der Waals surface area (Å²) in [5, 5.41) is 8.87. The summed E-state index contributed by atoms with van der Waals surface area (Å²) in [5.41, 5.74) is 0. The lowest BCUT2D eigenvalue weighted by atomic mass is 10.2. The van der Waals surface area contributed by atoms with Gasteiger partial charge in [-0.1, -0.05) is 13.8 Å². The van der Waals surface area contributed by atoms with Gasteiger partial charge in [0, 0.05) is 19.5 Å². The van der Waals surface area contributed by atoms with Gasteiger partial charge < -0.3 is 5.11 Å². The SMILES string of the molecule is C#CCC(NS(=O)(=O)N(CCC)CCC)C(=O)O. The average Bonchev–Trinajstić information content (AvgIpc) is 2.28. The number of hydrogen-bond donors (Lipinski definition) is 2. The fraction of sp³-hybridized carbons (Fsp3) is 0.727. The van der Waals surface area contributed by atoms with Gasteiger partial charge in [-0.3, -0.25) is 4.79 Å². The summed E-state index contributed by atoms with van der Waals surface area (Å²) >= 11 is 0. The lowest BCUT2D eigenvalue weighted by Crippen LogP contribution is -2.48. The van der Waals surface area contributed by atoms with Gasteiger partial charge in [0.15, 0.2) is 0 Å². The third-order valence-corrected chi connectivity index (χ3v) is 3.82. The van der Waals surface area contributed by atoms with E-state index in [4.69, 9.17) is 11.5 Å². The van der Waals surface area contributed by atoms with Crippen LogP contribution >= 0.6 is 0 Å². The molecule has 7 heteroatoms. The van der Waals surface area contributed by atoms with Crippen LogP contribution in [0.1, 0.15) is 33.1 Å². The summed E-state index contributed by atoms with van der Waals surface area (Å²) in [6.07, 6.45) is 6.16. The maximum absolute atomic E-state index is 12.0. The fourth-order valence-corrected chi connectivity index (χ4v) is 2.94. The summed E-state index contributed by atoms with van der Waals surface area (Å²) in [6.45, 7) is 4.42. The Morgan fingerprint density at radius 3 is 2.22 bits per heavy atom. The molecular formula is C11H20N2O4S. The van der Waals surface area contributed by atoms with Crippen LogP contribution in [0.25, 0.3) is 0 Å². The molecule has 1 unspecified atom stereocenters. The van der Waals surface area contributed by atoms with Crippen molar-refractivity contribution in [2.45, 2.75) is 39.2 Å².